The number of aryl methyl sites for hydroxylation is 1. The number of ketones is 1. The summed E-state index contributed by atoms with van der Waals surface area (Å²) in [6.07, 6.45) is 4.37. The fourth-order valence-corrected chi connectivity index (χ4v) is 5.20. The molecule has 4 heteroatoms. The SMILES string of the molecule is CC.CC1=C2c3cc(C)c4c(c3CC23CCC(C3)C1=O)NNN4. The van der Waals surface area contributed by atoms with Gasteiger partial charge in [-0.25, -0.2) is 0 Å². The van der Waals surface area contributed by atoms with Crippen LogP contribution < -0.4 is 16.4 Å². The molecular formula is C19H25N3O. The first kappa shape index (κ1) is 14.8. The monoisotopic (exact) mass is 311 g/mol. The molecule has 1 aromatic rings. The Bertz CT molecular complexity index is 749. The van der Waals surface area contributed by atoms with Gasteiger partial charge >= 0.3 is 0 Å². The van der Waals surface area contributed by atoms with Crippen molar-refractivity contribution in [2.75, 3.05) is 10.9 Å². The third kappa shape index (κ3) is 1.73. The van der Waals surface area contributed by atoms with Crippen LogP contribution in [0.15, 0.2) is 11.6 Å². The molecule has 1 fully saturated rings. The van der Waals surface area contributed by atoms with Crippen molar-refractivity contribution in [2.45, 2.75) is 53.4 Å². The van der Waals surface area contributed by atoms with Crippen molar-refractivity contribution in [3.05, 3.63) is 28.3 Å². The highest BCUT2D eigenvalue weighted by molar-refractivity contribution is 6.09. The number of Topliss-reactive ketones (excluding diaryl/α,β-unsaturated/α-hetero) is 1. The van der Waals surface area contributed by atoms with Crippen molar-refractivity contribution in [2.24, 2.45) is 11.3 Å². The van der Waals surface area contributed by atoms with Crippen LogP contribution in [0.2, 0.25) is 0 Å². The second-order valence-electron chi connectivity index (χ2n) is 7.11. The Morgan fingerprint density at radius 2 is 1.91 bits per heavy atom. The lowest BCUT2D eigenvalue weighted by atomic mass is 9.71. The van der Waals surface area contributed by atoms with E-state index in [2.05, 4.69) is 29.4 Å². The van der Waals surface area contributed by atoms with Gasteiger partial charge in [0.05, 0.1) is 11.4 Å². The van der Waals surface area contributed by atoms with E-state index in [4.69, 9.17) is 0 Å². The van der Waals surface area contributed by atoms with Crippen LogP contribution in [-0.4, -0.2) is 5.78 Å². The topological polar surface area (TPSA) is 53.2 Å². The lowest BCUT2D eigenvalue weighted by Gasteiger charge is -2.31. The fourth-order valence-electron chi connectivity index (χ4n) is 5.20. The molecule has 3 aliphatic carbocycles. The average Bonchev–Trinajstić information content (AvgIpc) is 3.24. The van der Waals surface area contributed by atoms with Gasteiger partial charge in [-0.1, -0.05) is 13.8 Å². The summed E-state index contributed by atoms with van der Waals surface area (Å²) in [5.74, 6) is 0.676. The van der Waals surface area contributed by atoms with E-state index in [-0.39, 0.29) is 11.3 Å². The van der Waals surface area contributed by atoms with Gasteiger partial charge in [0.1, 0.15) is 0 Å². The Hall–Kier alpha value is -1.81. The van der Waals surface area contributed by atoms with Crippen LogP contribution in [0.3, 0.4) is 0 Å². The van der Waals surface area contributed by atoms with E-state index in [1.54, 1.807) is 0 Å². The third-order valence-corrected chi connectivity index (χ3v) is 6.05. The van der Waals surface area contributed by atoms with Crippen LogP contribution in [0.5, 0.6) is 0 Å². The van der Waals surface area contributed by atoms with Gasteiger partial charge in [0, 0.05) is 11.3 Å². The molecule has 2 unspecified atom stereocenters. The molecule has 1 aliphatic heterocycles. The van der Waals surface area contributed by atoms with Crippen LogP contribution in [0.25, 0.3) is 5.57 Å². The highest BCUT2D eigenvalue weighted by atomic mass is 16.1. The number of anilines is 2. The summed E-state index contributed by atoms with van der Waals surface area (Å²) in [5, 5.41) is 0. The third-order valence-electron chi connectivity index (χ3n) is 6.05. The molecule has 3 N–H and O–H groups in total. The predicted octanol–water partition coefficient (Wildman–Crippen LogP) is 3.98. The molecule has 2 atom stereocenters. The molecule has 122 valence electrons. The fraction of sp³-hybridized carbons (Fsp3) is 0.526. The summed E-state index contributed by atoms with van der Waals surface area (Å²) in [6.45, 7) is 8.18. The molecule has 4 aliphatic rings. The van der Waals surface area contributed by atoms with Crippen LogP contribution in [0.1, 0.15) is 56.7 Å². The smallest absolute Gasteiger partial charge is 0.161 e. The van der Waals surface area contributed by atoms with Crippen molar-refractivity contribution < 1.29 is 4.79 Å². The van der Waals surface area contributed by atoms with E-state index < -0.39 is 0 Å². The maximum absolute atomic E-state index is 12.6. The zero-order chi connectivity index (χ0) is 16.4. The first-order valence-electron chi connectivity index (χ1n) is 8.80. The van der Waals surface area contributed by atoms with Crippen LogP contribution in [-0.2, 0) is 11.2 Å². The lowest BCUT2D eigenvalue weighted by molar-refractivity contribution is -0.119. The van der Waals surface area contributed by atoms with Crippen molar-refractivity contribution in [1.82, 2.24) is 5.53 Å². The molecule has 5 rings (SSSR count). The average molecular weight is 311 g/mol. The predicted molar refractivity (Wildman–Crippen MR) is 94.0 cm³/mol. The first-order chi connectivity index (χ1) is 11.1. The molecule has 0 saturated heterocycles. The summed E-state index contributed by atoms with van der Waals surface area (Å²) in [4.78, 5) is 12.6. The summed E-state index contributed by atoms with van der Waals surface area (Å²) in [6, 6.07) is 2.27. The van der Waals surface area contributed by atoms with E-state index in [1.165, 1.54) is 34.4 Å². The second kappa shape index (κ2) is 4.84. The summed E-state index contributed by atoms with van der Waals surface area (Å²) in [7, 11) is 0. The Kier molecular flexibility index (Phi) is 3.11. The molecule has 1 heterocycles. The number of nitrogens with one attached hydrogen (secondary N) is 3. The summed E-state index contributed by atoms with van der Waals surface area (Å²) in [5.41, 5.74) is 18.4. The number of hydrogen-bond donors (Lipinski definition) is 3. The molecule has 23 heavy (non-hydrogen) atoms. The van der Waals surface area contributed by atoms with Gasteiger partial charge in [-0.05, 0) is 73.4 Å². The quantitative estimate of drug-likeness (QED) is 0.678. The van der Waals surface area contributed by atoms with Gasteiger partial charge in [0.15, 0.2) is 5.78 Å². The van der Waals surface area contributed by atoms with Gasteiger partial charge in [-0.15, -0.1) is 5.53 Å². The molecule has 1 aromatic carbocycles. The van der Waals surface area contributed by atoms with Gasteiger partial charge in [-0.3, -0.25) is 4.79 Å². The zero-order valence-corrected chi connectivity index (χ0v) is 14.4. The second-order valence-corrected chi connectivity index (χ2v) is 7.11. The van der Waals surface area contributed by atoms with Crippen LogP contribution >= 0.6 is 0 Å². The van der Waals surface area contributed by atoms with E-state index >= 15 is 0 Å². The molecule has 4 nitrogen and oxygen atoms in total. The van der Waals surface area contributed by atoms with E-state index in [1.807, 2.05) is 20.8 Å². The van der Waals surface area contributed by atoms with Crippen molar-refractivity contribution in [3.63, 3.8) is 0 Å². The minimum absolute atomic E-state index is 0.233. The Morgan fingerprint density at radius 3 is 2.70 bits per heavy atom. The van der Waals surface area contributed by atoms with Crippen molar-refractivity contribution in [1.29, 1.82) is 0 Å². The lowest BCUT2D eigenvalue weighted by Crippen LogP contribution is -2.26. The van der Waals surface area contributed by atoms with Gasteiger partial charge in [-0.2, -0.15) is 0 Å². The maximum Gasteiger partial charge on any atom is 0.161 e. The molecule has 1 saturated carbocycles. The molecule has 0 aromatic heterocycles. The molecule has 0 amide bonds. The molecule has 2 bridgehead atoms. The summed E-state index contributed by atoms with van der Waals surface area (Å²) < 4.78 is 0. The number of allylic oxidation sites excluding steroid dienone is 2. The maximum atomic E-state index is 12.6. The van der Waals surface area contributed by atoms with Gasteiger partial charge < -0.3 is 10.9 Å². The number of hydrazine groups is 2. The van der Waals surface area contributed by atoms with E-state index in [0.29, 0.717) is 5.78 Å². The molecule has 1 spiro atoms. The van der Waals surface area contributed by atoms with Crippen molar-refractivity contribution >= 4 is 22.7 Å². The highest BCUT2D eigenvalue weighted by Gasteiger charge is 2.54. The van der Waals surface area contributed by atoms with Crippen molar-refractivity contribution in [3.8, 4) is 0 Å². The minimum atomic E-state index is 0.233. The number of carbonyl (C=O) groups excluding carboxylic acids is 1. The van der Waals surface area contributed by atoms with Crippen LogP contribution in [0, 0.1) is 18.3 Å². The van der Waals surface area contributed by atoms with E-state index in [0.717, 1.165) is 30.5 Å². The zero-order valence-electron chi connectivity index (χ0n) is 14.4. The normalized spacial score (nSPS) is 29.2. The number of benzene rings is 1. The van der Waals surface area contributed by atoms with Crippen LogP contribution in [0.4, 0.5) is 11.4 Å². The Balaban J connectivity index is 0.000000652. The largest absolute Gasteiger partial charge is 0.302 e. The standard InChI is InChI=1S/C17H19N3O.C2H6/c1-8-5-11-12(15-14(8)18-20-19-15)7-17-4-3-10(6-17)16(21)9(2)13(11)17;1-2/h5,10,18-20H,3-4,6-7H2,1-2H3;1-2H3. The first-order valence-corrected chi connectivity index (χ1v) is 8.80. The van der Waals surface area contributed by atoms with E-state index in [9.17, 15) is 4.79 Å². The number of carbonyl (C=O) groups is 1. The number of fused-ring (bicyclic) bond motifs is 5. The Morgan fingerprint density at radius 1 is 1.17 bits per heavy atom. The molecule has 0 radical (unpaired) electrons. The Labute approximate surface area is 137 Å². The summed E-state index contributed by atoms with van der Waals surface area (Å²) >= 11 is 0. The number of hydrogen-bond acceptors (Lipinski definition) is 4. The minimum Gasteiger partial charge on any atom is -0.302 e. The van der Waals surface area contributed by atoms with Gasteiger partial charge in [0.2, 0.25) is 0 Å². The molecular weight excluding hydrogens is 286 g/mol. The number of rotatable bonds is 0. The highest BCUT2D eigenvalue weighted by Crippen LogP contribution is 2.63. The van der Waals surface area contributed by atoms with Gasteiger partial charge in [0.25, 0.3) is 0 Å².